The topological polar surface area (TPSA) is 69.6 Å². The molecule has 1 fully saturated rings. The lowest BCUT2D eigenvalue weighted by Gasteiger charge is -2.19. The molecule has 5 heteroatoms. The maximum Gasteiger partial charge on any atom is 0.317 e. The van der Waals surface area contributed by atoms with Crippen LogP contribution in [-0.4, -0.2) is 41.6 Å². The van der Waals surface area contributed by atoms with Crippen molar-refractivity contribution in [1.29, 1.82) is 0 Å². The average molecular weight is 228 g/mol. The average Bonchev–Trinajstić information content (AvgIpc) is 3.05. The van der Waals surface area contributed by atoms with Gasteiger partial charge in [0.05, 0.1) is 0 Å². The Hall–Kier alpha value is -1.26. The minimum atomic E-state index is -0.809. The fourth-order valence-electron chi connectivity index (χ4n) is 1.59. The van der Waals surface area contributed by atoms with Gasteiger partial charge in [0.2, 0.25) is 0 Å². The van der Waals surface area contributed by atoms with Crippen molar-refractivity contribution < 1.29 is 14.7 Å². The van der Waals surface area contributed by atoms with Gasteiger partial charge in [-0.25, -0.2) is 4.79 Å². The first-order valence-corrected chi connectivity index (χ1v) is 5.77. The first kappa shape index (κ1) is 12.8. The Bertz CT molecular complexity index is 264. The van der Waals surface area contributed by atoms with Crippen LogP contribution in [0.1, 0.15) is 32.6 Å². The third-order valence-electron chi connectivity index (χ3n) is 3.00. The molecule has 0 saturated heterocycles. The van der Waals surface area contributed by atoms with Crippen LogP contribution >= 0.6 is 0 Å². The van der Waals surface area contributed by atoms with Crippen LogP contribution in [0.25, 0.3) is 0 Å². The Kier molecular flexibility index (Phi) is 4.58. The van der Waals surface area contributed by atoms with Gasteiger partial charge in [-0.05, 0) is 18.8 Å². The SMILES string of the molecule is CCC(CNC(=O)N(C)C1CC1)CC(=O)O. The van der Waals surface area contributed by atoms with Gasteiger partial charge in [-0.15, -0.1) is 0 Å². The zero-order valence-corrected chi connectivity index (χ0v) is 9.90. The zero-order valence-electron chi connectivity index (χ0n) is 9.90. The van der Waals surface area contributed by atoms with Gasteiger partial charge in [-0.1, -0.05) is 13.3 Å². The zero-order chi connectivity index (χ0) is 12.1. The van der Waals surface area contributed by atoms with E-state index in [0.717, 1.165) is 19.3 Å². The molecular formula is C11H20N2O3. The molecule has 0 radical (unpaired) electrons. The van der Waals surface area contributed by atoms with E-state index in [1.54, 1.807) is 11.9 Å². The lowest BCUT2D eigenvalue weighted by Crippen LogP contribution is -2.40. The van der Waals surface area contributed by atoms with Crippen LogP contribution in [0.2, 0.25) is 0 Å². The van der Waals surface area contributed by atoms with Crippen molar-refractivity contribution in [2.45, 2.75) is 38.6 Å². The molecule has 0 heterocycles. The van der Waals surface area contributed by atoms with E-state index in [9.17, 15) is 9.59 Å². The Morgan fingerprint density at radius 1 is 1.50 bits per heavy atom. The molecule has 1 atom stereocenters. The standard InChI is InChI=1S/C11H20N2O3/c1-3-8(6-10(14)15)7-12-11(16)13(2)9-4-5-9/h8-9H,3-7H2,1-2H3,(H,12,16)(H,14,15). The molecule has 2 N–H and O–H groups in total. The number of aliphatic carboxylic acids is 1. The summed E-state index contributed by atoms with van der Waals surface area (Å²) in [6.45, 7) is 2.38. The van der Waals surface area contributed by atoms with Crippen LogP contribution in [0.4, 0.5) is 4.79 Å². The molecule has 5 nitrogen and oxygen atoms in total. The number of hydrogen-bond acceptors (Lipinski definition) is 2. The largest absolute Gasteiger partial charge is 0.481 e. The Balaban J connectivity index is 2.25. The van der Waals surface area contributed by atoms with Crippen molar-refractivity contribution in [3.63, 3.8) is 0 Å². The summed E-state index contributed by atoms with van der Waals surface area (Å²) in [7, 11) is 1.78. The summed E-state index contributed by atoms with van der Waals surface area (Å²) < 4.78 is 0. The van der Waals surface area contributed by atoms with E-state index in [-0.39, 0.29) is 18.4 Å². The number of carboxylic acid groups (broad SMARTS) is 1. The van der Waals surface area contributed by atoms with Crippen molar-refractivity contribution in [3.8, 4) is 0 Å². The highest BCUT2D eigenvalue weighted by molar-refractivity contribution is 5.74. The highest BCUT2D eigenvalue weighted by atomic mass is 16.4. The predicted molar refractivity (Wildman–Crippen MR) is 60.2 cm³/mol. The maximum atomic E-state index is 11.6. The smallest absolute Gasteiger partial charge is 0.317 e. The van der Waals surface area contributed by atoms with Crippen molar-refractivity contribution in [2.24, 2.45) is 5.92 Å². The predicted octanol–water partition coefficient (Wildman–Crippen LogP) is 1.29. The summed E-state index contributed by atoms with van der Waals surface area (Å²) >= 11 is 0. The number of amides is 2. The number of nitrogens with zero attached hydrogens (tertiary/aromatic N) is 1. The maximum absolute atomic E-state index is 11.6. The van der Waals surface area contributed by atoms with Crippen LogP contribution in [0.15, 0.2) is 0 Å². The van der Waals surface area contributed by atoms with Crippen LogP contribution in [0.5, 0.6) is 0 Å². The van der Waals surface area contributed by atoms with E-state index in [1.165, 1.54) is 0 Å². The molecule has 2 amide bonds. The molecule has 0 bridgehead atoms. The number of nitrogens with one attached hydrogen (secondary N) is 1. The number of carbonyl (C=O) groups is 2. The molecule has 1 saturated carbocycles. The van der Waals surface area contributed by atoms with Crippen molar-refractivity contribution in [1.82, 2.24) is 10.2 Å². The normalized spacial score (nSPS) is 16.6. The molecule has 16 heavy (non-hydrogen) atoms. The van der Waals surface area contributed by atoms with E-state index >= 15 is 0 Å². The third-order valence-corrected chi connectivity index (χ3v) is 3.00. The summed E-state index contributed by atoms with van der Waals surface area (Å²) in [5.41, 5.74) is 0. The molecule has 0 spiro atoms. The quantitative estimate of drug-likeness (QED) is 0.719. The van der Waals surface area contributed by atoms with Gasteiger partial charge < -0.3 is 15.3 Å². The van der Waals surface area contributed by atoms with Gasteiger partial charge in [0.1, 0.15) is 0 Å². The summed E-state index contributed by atoms with van der Waals surface area (Å²) in [5, 5.41) is 11.4. The van der Waals surface area contributed by atoms with E-state index in [0.29, 0.717) is 12.6 Å². The second-order valence-electron chi connectivity index (χ2n) is 4.40. The number of urea groups is 1. The molecule has 0 aromatic rings. The van der Waals surface area contributed by atoms with Crippen LogP contribution in [0.3, 0.4) is 0 Å². The molecule has 1 unspecified atom stereocenters. The lowest BCUT2D eigenvalue weighted by atomic mass is 10.0. The second-order valence-corrected chi connectivity index (χ2v) is 4.40. The van der Waals surface area contributed by atoms with Gasteiger partial charge in [-0.2, -0.15) is 0 Å². The van der Waals surface area contributed by atoms with Crippen LogP contribution in [-0.2, 0) is 4.79 Å². The first-order valence-electron chi connectivity index (χ1n) is 5.77. The van der Waals surface area contributed by atoms with Crippen molar-refractivity contribution in [3.05, 3.63) is 0 Å². The van der Waals surface area contributed by atoms with Gasteiger partial charge in [0, 0.05) is 26.1 Å². The van der Waals surface area contributed by atoms with E-state index < -0.39 is 5.97 Å². The highest BCUT2D eigenvalue weighted by Gasteiger charge is 2.29. The fraction of sp³-hybridized carbons (Fsp3) is 0.818. The number of rotatable bonds is 6. The number of carbonyl (C=O) groups excluding carboxylic acids is 1. The molecule has 1 aliphatic rings. The molecular weight excluding hydrogens is 208 g/mol. The monoisotopic (exact) mass is 228 g/mol. The molecule has 92 valence electrons. The van der Waals surface area contributed by atoms with E-state index in [4.69, 9.17) is 5.11 Å². The van der Waals surface area contributed by atoms with Crippen LogP contribution < -0.4 is 5.32 Å². The lowest BCUT2D eigenvalue weighted by molar-refractivity contribution is -0.138. The molecule has 0 aromatic carbocycles. The van der Waals surface area contributed by atoms with Crippen molar-refractivity contribution >= 4 is 12.0 Å². The minimum Gasteiger partial charge on any atom is -0.481 e. The minimum absolute atomic E-state index is 0.0223. The van der Waals surface area contributed by atoms with Gasteiger partial charge in [0.25, 0.3) is 0 Å². The summed E-state index contributed by atoms with van der Waals surface area (Å²) in [4.78, 5) is 23.8. The van der Waals surface area contributed by atoms with Gasteiger partial charge in [0.15, 0.2) is 0 Å². The van der Waals surface area contributed by atoms with Crippen LogP contribution in [0, 0.1) is 5.92 Å². The van der Waals surface area contributed by atoms with E-state index in [1.807, 2.05) is 6.92 Å². The molecule has 0 aliphatic heterocycles. The fourth-order valence-corrected chi connectivity index (χ4v) is 1.59. The Labute approximate surface area is 95.8 Å². The highest BCUT2D eigenvalue weighted by Crippen LogP contribution is 2.25. The first-order chi connectivity index (χ1) is 7.54. The van der Waals surface area contributed by atoms with Gasteiger partial charge in [-0.3, -0.25) is 4.79 Å². The summed E-state index contributed by atoms with van der Waals surface area (Å²) in [5.74, 6) is -0.786. The molecule has 1 rings (SSSR count). The van der Waals surface area contributed by atoms with E-state index in [2.05, 4.69) is 5.32 Å². The van der Waals surface area contributed by atoms with Gasteiger partial charge >= 0.3 is 12.0 Å². The third kappa shape index (κ3) is 4.08. The summed E-state index contributed by atoms with van der Waals surface area (Å²) in [6.07, 6.45) is 3.04. The Morgan fingerprint density at radius 2 is 2.12 bits per heavy atom. The van der Waals surface area contributed by atoms with Crippen molar-refractivity contribution in [2.75, 3.05) is 13.6 Å². The number of hydrogen-bond donors (Lipinski definition) is 2. The second kappa shape index (κ2) is 5.72. The molecule has 1 aliphatic carbocycles. The summed E-state index contributed by atoms with van der Waals surface area (Å²) in [6, 6.07) is 0.297. The number of carboxylic acids is 1. The molecule has 0 aromatic heterocycles. The Morgan fingerprint density at radius 3 is 2.56 bits per heavy atom.